The van der Waals surface area contributed by atoms with E-state index in [-0.39, 0.29) is 13.2 Å². The minimum atomic E-state index is 0.153. The quantitative estimate of drug-likeness (QED) is 0.654. The fraction of sp³-hybridized carbons (Fsp3) is 0.545. The molecule has 3 heteroatoms. The number of aliphatic hydroxyl groups is 2. The normalized spacial score (nSPS) is 10.5. The van der Waals surface area contributed by atoms with E-state index in [1.165, 1.54) is 11.3 Å². The SMILES string of the molecule is CCc1c(CCO)ccc[n+]1CCO. The highest BCUT2D eigenvalue weighted by atomic mass is 16.3. The van der Waals surface area contributed by atoms with Crippen LogP contribution in [0.15, 0.2) is 18.3 Å². The van der Waals surface area contributed by atoms with Gasteiger partial charge < -0.3 is 10.2 Å². The maximum atomic E-state index is 8.90. The van der Waals surface area contributed by atoms with E-state index in [4.69, 9.17) is 10.2 Å². The molecule has 3 nitrogen and oxygen atoms in total. The van der Waals surface area contributed by atoms with Crippen LogP contribution in [0, 0.1) is 0 Å². The molecule has 0 aromatic carbocycles. The van der Waals surface area contributed by atoms with Crippen LogP contribution in [-0.2, 0) is 19.4 Å². The van der Waals surface area contributed by atoms with Crippen molar-refractivity contribution < 1.29 is 14.8 Å². The summed E-state index contributed by atoms with van der Waals surface area (Å²) in [4.78, 5) is 0. The molecular formula is C11H18NO2+. The van der Waals surface area contributed by atoms with Crippen LogP contribution in [0.3, 0.4) is 0 Å². The van der Waals surface area contributed by atoms with E-state index >= 15 is 0 Å². The van der Waals surface area contributed by atoms with E-state index in [2.05, 4.69) is 6.92 Å². The molecule has 0 bridgehead atoms. The maximum Gasteiger partial charge on any atom is 0.184 e. The van der Waals surface area contributed by atoms with E-state index in [9.17, 15) is 0 Å². The van der Waals surface area contributed by atoms with Gasteiger partial charge in [-0.1, -0.05) is 6.92 Å². The summed E-state index contributed by atoms with van der Waals surface area (Å²) in [6, 6.07) is 3.99. The Kier molecular flexibility index (Phi) is 4.56. The Morgan fingerprint density at radius 1 is 1.29 bits per heavy atom. The molecule has 0 aliphatic rings. The first-order valence-electron chi connectivity index (χ1n) is 5.05. The lowest BCUT2D eigenvalue weighted by Gasteiger charge is -2.05. The van der Waals surface area contributed by atoms with Crippen molar-refractivity contribution in [1.29, 1.82) is 0 Å². The zero-order chi connectivity index (χ0) is 10.4. The van der Waals surface area contributed by atoms with Crippen molar-refractivity contribution in [2.75, 3.05) is 13.2 Å². The van der Waals surface area contributed by atoms with Crippen LogP contribution in [0.25, 0.3) is 0 Å². The van der Waals surface area contributed by atoms with Crippen LogP contribution < -0.4 is 4.57 Å². The van der Waals surface area contributed by atoms with Crippen molar-refractivity contribution in [2.45, 2.75) is 26.3 Å². The number of aromatic nitrogens is 1. The molecule has 0 spiro atoms. The fourth-order valence-electron chi connectivity index (χ4n) is 1.73. The monoisotopic (exact) mass is 196 g/mol. The van der Waals surface area contributed by atoms with Crippen molar-refractivity contribution in [3.05, 3.63) is 29.6 Å². The average molecular weight is 196 g/mol. The van der Waals surface area contributed by atoms with Crippen LogP contribution in [0.1, 0.15) is 18.2 Å². The molecule has 1 heterocycles. The Labute approximate surface area is 84.6 Å². The smallest absolute Gasteiger partial charge is 0.184 e. The van der Waals surface area contributed by atoms with Crippen LogP contribution >= 0.6 is 0 Å². The van der Waals surface area contributed by atoms with E-state index in [1.807, 2.05) is 22.9 Å². The van der Waals surface area contributed by atoms with Gasteiger partial charge in [-0.05, 0) is 6.07 Å². The van der Waals surface area contributed by atoms with Gasteiger partial charge in [0.2, 0.25) is 0 Å². The summed E-state index contributed by atoms with van der Waals surface area (Å²) in [5.74, 6) is 0. The third-order valence-corrected chi connectivity index (χ3v) is 2.34. The Balaban J connectivity index is 2.98. The topological polar surface area (TPSA) is 44.3 Å². The standard InChI is InChI=1S/C11H18NO2/c1-2-11-10(5-8-13)4-3-6-12(11)7-9-14/h3-4,6,13-14H,2,5,7-9H2,1H3/q+1. The first kappa shape index (κ1) is 11.1. The van der Waals surface area contributed by atoms with Gasteiger partial charge in [0, 0.05) is 31.1 Å². The lowest BCUT2D eigenvalue weighted by atomic mass is 10.1. The first-order valence-corrected chi connectivity index (χ1v) is 5.05. The Morgan fingerprint density at radius 3 is 2.64 bits per heavy atom. The van der Waals surface area contributed by atoms with Gasteiger partial charge >= 0.3 is 0 Å². The molecule has 1 aromatic rings. The highest BCUT2D eigenvalue weighted by Crippen LogP contribution is 2.05. The summed E-state index contributed by atoms with van der Waals surface area (Å²) in [6.45, 7) is 3.04. The molecule has 0 aliphatic carbocycles. The molecule has 0 aliphatic heterocycles. The van der Waals surface area contributed by atoms with Crippen molar-refractivity contribution in [1.82, 2.24) is 0 Å². The zero-order valence-electron chi connectivity index (χ0n) is 8.61. The highest BCUT2D eigenvalue weighted by Gasteiger charge is 2.12. The Morgan fingerprint density at radius 2 is 2.07 bits per heavy atom. The van der Waals surface area contributed by atoms with Crippen molar-refractivity contribution >= 4 is 0 Å². The number of nitrogens with zero attached hydrogens (tertiary/aromatic N) is 1. The molecule has 0 fully saturated rings. The largest absolute Gasteiger partial charge is 0.396 e. The van der Waals surface area contributed by atoms with E-state index in [0.29, 0.717) is 13.0 Å². The van der Waals surface area contributed by atoms with Gasteiger partial charge in [-0.2, -0.15) is 4.57 Å². The van der Waals surface area contributed by atoms with Gasteiger partial charge in [-0.3, -0.25) is 0 Å². The summed E-state index contributed by atoms with van der Waals surface area (Å²) in [7, 11) is 0. The summed E-state index contributed by atoms with van der Waals surface area (Å²) < 4.78 is 2.05. The summed E-state index contributed by atoms with van der Waals surface area (Å²) in [5.41, 5.74) is 2.38. The zero-order valence-corrected chi connectivity index (χ0v) is 8.61. The van der Waals surface area contributed by atoms with E-state index in [0.717, 1.165) is 6.42 Å². The number of hydrogen-bond acceptors (Lipinski definition) is 2. The average Bonchev–Trinajstić information content (AvgIpc) is 2.19. The summed E-state index contributed by atoms with van der Waals surface area (Å²) in [5, 5.41) is 17.8. The molecule has 78 valence electrons. The van der Waals surface area contributed by atoms with Gasteiger partial charge in [0.15, 0.2) is 18.4 Å². The van der Waals surface area contributed by atoms with E-state index < -0.39 is 0 Å². The van der Waals surface area contributed by atoms with Crippen LogP contribution in [0.5, 0.6) is 0 Å². The molecular weight excluding hydrogens is 178 g/mol. The predicted molar refractivity (Wildman–Crippen MR) is 53.9 cm³/mol. The number of rotatable bonds is 5. The van der Waals surface area contributed by atoms with Crippen molar-refractivity contribution in [3.8, 4) is 0 Å². The van der Waals surface area contributed by atoms with Gasteiger partial charge in [0.25, 0.3) is 0 Å². The highest BCUT2D eigenvalue weighted by molar-refractivity contribution is 5.15. The van der Waals surface area contributed by atoms with Crippen LogP contribution in [-0.4, -0.2) is 23.4 Å². The lowest BCUT2D eigenvalue weighted by Crippen LogP contribution is -2.40. The molecule has 1 aromatic heterocycles. The first-order chi connectivity index (χ1) is 6.83. The molecule has 0 atom stereocenters. The van der Waals surface area contributed by atoms with Crippen molar-refractivity contribution in [2.24, 2.45) is 0 Å². The molecule has 0 unspecified atom stereocenters. The molecule has 0 saturated carbocycles. The Hall–Kier alpha value is -0.930. The van der Waals surface area contributed by atoms with Crippen molar-refractivity contribution in [3.63, 3.8) is 0 Å². The number of hydrogen-bond donors (Lipinski definition) is 2. The van der Waals surface area contributed by atoms with Crippen LogP contribution in [0.4, 0.5) is 0 Å². The third kappa shape index (κ3) is 2.53. The summed E-state index contributed by atoms with van der Waals surface area (Å²) >= 11 is 0. The molecule has 2 N–H and O–H groups in total. The third-order valence-electron chi connectivity index (χ3n) is 2.34. The molecule has 0 radical (unpaired) electrons. The van der Waals surface area contributed by atoms with Gasteiger partial charge in [0.05, 0.1) is 0 Å². The van der Waals surface area contributed by atoms with Gasteiger partial charge in [-0.25, -0.2) is 0 Å². The second-order valence-electron chi connectivity index (χ2n) is 3.22. The second kappa shape index (κ2) is 5.73. The summed E-state index contributed by atoms with van der Waals surface area (Å²) in [6.07, 6.45) is 3.58. The van der Waals surface area contributed by atoms with Gasteiger partial charge in [-0.15, -0.1) is 0 Å². The number of pyridine rings is 1. The minimum absolute atomic E-state index is 0.153. The molecule has 1 rings (SSSR count). The van der Waals surface area contributed by atoms with Crippen LogP contribution in [0.2, 0.25) is 0 Å². The number of aliphatic hydroxyl groups excluding tert-OH is 2. The predicted octanol–water partition coefficient (Wildman–Crippen LogP) is 0.0636. The molecule has 0 saturated heterocycles. The maximum absolute atomic E-state index is 8.90. The lowest BCUT2D eigenvalue weighted by molar-refractivity contribution is -0.705. The Bertz CT molecular complexity index is 262. The molecule has 0 amide bonds. The minimum Gasteiger partial charge on any atom is -0.396 e. The molecule has 14 heavy (non-hydrogen) atoms. The van der Waals surface area contributed by atoms with Gasteiger partial charge in [0.1, 0.15) is 6.61 Å². The van der Waals surface area contributed by atoms with E-state index in [1.54, 1.807) is 0 Å². The fourth-order valence-corrected chi connectivity index (χ4v) is 1.73. The second-order valence-corrected chi connectivity index (χ2v) is 3.22.